The fourth-order valence-corrected chi connectivity index (χ4v) is 2.59. The van der Waals surface area contributed by atoms with E-state index in [1.807, 2.05) is 0 Å². The van der Waals surface area contributed by atoms with Gasteiger partial charge in [0.15, 0.2) is 0 Å². The Morgan fingerprint density at radius 1 is 1.45 bits per heavy atom. The van der Waals surface area contributed by atoms with Gasteiger partial charge in [-0.25, -0.2) is 12.8 Å². The zero-order chi connectivity index (χ0) is 15.2. The van der Waals surface area contributed by atoms with Crippen LogP contribution in [0.15, 0.2) is 23.1 Å². The second-order valence-electron chi connectivity index (χ2n) is 3.97. The van der Waals surface area contributed by atoms with Crippen LogP contribution in [0, 0.1) is 17.7 Å². The number of benzene rings is 1. The summed E-state index contributed by atoms with van der Waals surface area (Å²) in [6, 6.07) is 3.61. The largest absolute Gasteiger partial charge is 0.383 e. The summed E-state index contributed by atoms with van der Waals surface area (Å²) in [4.78, 5) is -0.119. The van der Waals surface area contributed by atoms with Crippen LogP contribution in [0.4, 0.5) is 4.39 Å². The predicted molar refractivity (Wildman–Crippen MR) is 74.0 cm³/mol. The summed E-state index contributed by atoms with van der Waals surface area (Å²) >= 11 is 0. The van der Waals surface area contributed by atoms with Crippen molar-refractivity contribution in [2.75, 3.05) is 33.9 Å². The van der Waals surface area contributed by atoms with E-state index in [2.05, 4.69) is 11.8 Å². The molecule has 0 saturated carbocycles. The van der Waals surface area contributed by atoms with E-state index in [1.165, 1.54) is 26.3 Å². The standard InChI is InChI=1S/C13H17FN2O3S/c1-16(8-9-19-2)20(17,18)12-6-5-11(4-3-7-15)13(14)10-12/h5-6,10H,7-9,15H2,1-2H3. The topological polar surface area (TPSA) is 72.6 Å². The van der Waals surface area contributed by atoms with Gasteiger partial charge in [-0.2, -0.15) is 4.31 Å². The van der Waals surface area contributed by atoms with Gasteiger partial charge in [0.25, 0.3) is 0 Å². The number of hydrogen-bond donors (Lipinski definition) is 1. The molecule has 0 spiro atoms. The van der Waals surface area contributed by atoms with Gasteiger partial charge in [0.2, 0.25) is 10.0 Å². The van der Waals surface area contributed by atoms with E-state index < -0.39 is 15.8 Å². The molecule has 1 aromatic carbocycles. The Hall–Kier alpha value is -1.46. The molecule has 1 rings (SSSR count). The summed E-state index contributed by atoms with van der Waals surface area (Å²) in [5, 5.41) is 0. The van der Waals surface area contributed by atoms with Crippen LogP contribution in [0.25, 0.3) is 0 Å². The monoisotopic (exact) mass is 300 g/mol. The molecule has 5 nitrogen and oxygen atoms in total. The Morgan fingerprint density at radius 3 is 2.70 bits per heavy atom. The summed E-state index contributed by atoms with van der Waals surface area (Å²) < 4.78 is 44.0. The minimum atomic E-state index is -3.73. The van der Waals surface area contributed by atoms with Gasteiger partial charge in [-0.05, 0) is 18.2 Å². The fourth-order valence-electron chi connectivity index (χ4n) is 1.42. The highest BCUT2D eigenvalue weighted by Crippen LogP contribution is 2.17. The van der Waals surface area contributed by atoms with Crippen molar-refractivity contribution in [2.24, 2.45) is 5.73 Å². The molecule has 0 fully saturated rings. The summed E-state index contributed by atoms with van der Waals surface area (Å²) in [6.45, 7) is 0.562. The SMILES string of the molecule is COCCN(C)S(=O)(=O)c1ccc(C#CCN)c(F)c1. The molecule has 20 heavy (non-hydrogen) atoms. The molecule has 0 bridgehead atoms. The van der Waals surface area contributed by atoms with Crippen LogP contribution in [0.1, 0.15) is 5.56 Å². The van der Waals surface area contributed by atoms with Gasteiger partial charge in [0, 0.05) is 20.7 Å². The molecule has 0 aliphatic carbocycles. The number of nitrogens with two attached hydrogens (primary N) is 1. The summed E-state index contributed by atoms with van der Waals surface area (Å²) in [5.74, 6) is 4.36. The molecule has 2 N–H and O–H groups in total. The maximum Gasteiger partial charge on any atom is 0.242 e. The second-order valence-corrected chi connectivity index (χ2v) is 6.01. The molecule has 0 heterocycles. The van der Waals surface area contributed by atoms with Crippen molar-refractivity contribution in [1.82, 2.24) is 4.31 Å². The van der Waals surface area contributed by atoms with Crippen LogP contribution in [-0.2, 0) is 14.8 Å². The van der Waals surface area contributed by atoms with Gasteiger partial charge in [-0.1, -0.05) is 11.8 Å². The number of halogens is 1. The van der Waals surface area contributed by atoms with E-state index in [-0.39, 0.29) is 30.2 Å². The second kappa shape index (κ2) is 7.36. The lowest BCUT2D eigenvalue weighted by molar-refractivity contribution is 0.185. The number of sulfonamides is 1. The van der Waals surface area contributed by atoms with E-state index in [1.54, 1.807) is 0 Å². The van der Waals surface area contributed by atoms with E-state index in [0.29, 0.717) is 0 Å². The van der Waals surface area contributed by atoms with E-state index >= 15 is 0 Å². The Bertz CT molecular complexity index is 620. The zero-order valence-electron chi connectivity index (χ0n) is 11.4. The molecule has 0 aliphatic heterocycles. The van der Waals surface area contributed by atoms with Crippen molar-refractivity contribution < 1.29 is 17.5 Å². The predicted octanol–water partition coefficient (Wildman–Crippen LogP) is 0.403. The average molecular weight is 300 g/mol. The molecule has 0 atom stereocenters. The van der Waals surface area contributed by atoms with E-state index in [0.717, 1.165) is 10.4 Å². The maximum atomic E-state index is 13.8. The van der Waals surface area contributed by atoms with Gasteiger partial charge < -0.3 is 10.5 Å². The van der Waals surface area contributed by atoms with Crippen LogP contribution in [-0.4, -0.2) is 46.6 Å². The third kappa shape index (κ3) is 4.02. The van der Waals surface area contributed by atoms with Gasteiger partial charge in [0.05, 0.1) is 23.6 Å². The Morgan fingerprint density at radius 2 is 2.15 bits per heavy atom. The van der Waals surface area contributed by atoms with Crippen molar-refractivity contribution in [1.29, 1.82) is 0 Å². The molecule has 110 valence electrons. The number of nitrogens with zero attached hydrogens (tertiary/aromatic N) is 1. The van der Waals surface area contributed by atoms with Crippen LogP contribution in [0.2, 0.25) is 0 Å². The highest BCUT2D eigenvalue weighted by molar-refractivity contribution is 7.89. The third-order valence-electron chi connectivity index (χ3n) is 2.58. The number of hydrogen-bond acceptors (Lipinski definition) is 4. The minimum Gasteiger partial charge on any atom is -0.383 e. The van der Waals surface area contributed by atoms with Gasteiger partial charge in [-0.15, -0.1) is 0 Å². The Kier molecular flexibility index (Phi) is 6.10. The summed E-state index contributed by atoms with van der Waals surface area (Å²) in [5.41, 5.74) is 5.32. The number of methoxy groups -OCH3 is 1. The molecule has 0 amide bonds. The van der Waals surface area contributed by atoms with Crippen molar-refractivity contribution in [3.63, 3.8) is 0 Å². The molecule has 0 aromatic heterocycles. The Labute approximate surface area is 118 Å². The first-order valence-electron chi connectivity index (χ1n) is 5.87. The van der Waals surface area contributed by atoms with Crippen molar-refractivity contribution in [3.8, 4) is 11.8 Å². The smallest absolute Gasteiger partial charge is 0.242 e. The molecule has 0 aliphatic rings. The van der Waals surface area contributed by atoms with Crippen molar-refractivity contribution in [3.05, 3.63) is 29.6 Å². The van der Waals surface area contributed by atoms with Crippen LogP contribution in [0.5, 0.6) is 0 Å². The average Bonchev–Trinajstić information content (AvgIpc) is 2.43. The highest BCUT2D eigenvalue weighted by Gasteiger charge is 2.21. The van der Waals surface area contributed by atoms with Gasteiger partial charge in [-0.3, -0.25) is 0 Å². The molecule has 1 aromatic rings. The number of rotatable bonds is 5. The van der Waals surface area contributed by atoms with Crippen molar-refractivity contribution >= 4 is 10.0 Å². The summed E-state index contributed by atoms with van der Waals surface area (Å²) in [7, 11) is -0.842. The number of ether oxygens (including phenoxy) is 1. The molecular formula is C13H17FN2O3S. The third-order valence-corrected chi connectivity index (χ3v) is 4.44. The van der Waals surface area contributed by atoms with Crippen LogP contribution < -0.4 is 5.73 Å². The number of likely N-dealkylation sites (N-methyl/N-ethyl adjacent to an activating group) is 1. The van der Waals surface area contributed by atoms with Crippen LogP contribution >= 0.6 is 0 Å². The lowest BCUT2D eigenvalue weighted by atomic mass is 10.2. The van der Waals surface area contributed by atoms with Gasteiger partial charge in [0.1, 0.15) is 5.82 Å². The maximum absolute atomic E-state index is 13.8. The lowest BCUT2D eigenvalue weighted by Crippen LogP contribution is -2.30. The quantitative estimate of drug-likeness (QED) is 0.799. The van der Waals surface area contributed by atoms with E-state index in [9.17, 15) is 12.8 Å². The summed E-state index contributed by atoms with van der Waals surface area (Å²) in [6.07, 6.45) is 0. The normalized spacial score (nSPS) is 11.2. The van der Waals surface area contributed by atoms with E-state index in [4.69, 9.17) is 10.5 Å². The molecule has 0 unspecified atom stereocenters. The van der Waals surface area contributed by atoms with Crippen molar-refractivity contribution in [2.45, 2.75) is 4.90 Å². The fraction of sp³-hybridized carbons (Fsp3) is 0.385. The first kappa shape index (κ1) is 16.6. The molecule has 7 heteroatoms. The highest BCUT2D eigenvalue weighted by atomic mass is 32.2. The first-order valence-corrected chi connectivity index (χ1v) is 7.31. The first-order chi connectivity index (χ1) is 9.43. The van der Waals surface area contributed by atoms with Crippen LogP contribution in [0.3, 0.4) is 0 Å². The minimum absolute atomic E-state index is 0.110. The van der Waals surface area contributed by atoms with Gasteiger partial charge >= 0.3 is 0 Å². The Balaban J connectivity index is 3.05. The molecular weight excluding hydrogens is 283 g/mol. The molecule has 0 radical (unpaired) electrons. The zero-order valence-corrected chi connectivity index (χ0v) is 12.2. The molecule has 0 saturated heterocycles. The lowest BCUT2D eigenvalue weighted by Gasteiger charge is -2.16.